The van der Waals surface area contributed by atoms with E-state index in [4.69, 9.17) is 5.73 Å². The van der Waals surface area contributed by atoms with Gasteiger partial charge in [-0.1, -0.05) is 25.0 Å². The van der Waals surface area contributed by atoms with Crippen molar-refractivity contribution in [3.8, 4) is 6.07 Å². The lowest BCUT2D eigenvalue weighted by Gasteiger charge is -2.26. The zero-order valence-corrected chi connectivity index (χ0v) is 17.2. The highest BCUT2D eigenvalue weighted by molar-refractivity contribution is 5.95. The molecule has 1 saturated carbocycles. The molecule has 2 heterocycles. The summed E-state index contributed by atoms with van der Waals surface area (Å²) < 4.78 is 1.60. The summed E-state index contributed by atoms with van der Waals surface area (Å²) >= 11 is 0. The Morgan fingerprint density at radius 2 is 2.06 bits per heavy atom. The molecule has 4 N–H and O–H groups in total. The number of nitrogens with two attached hydrogens (primary N) is 1. The van der Waals surface area contributed by atoms with Crippen LogP contribution in [0.15, 0.2) is 24.3 Å². The summed E-state index contributed by atoms with van der Waals surface area (Å²) in [6.07, 6.45) is 4.39. The van der Waals surface area contributed by atoms with E-state index >= 15 is 0 Å². The second-order valence-electron chi connectivity index (χ2n) is 8.41. The van der Waals surface area contributed by atoms with Gasteiger partial charge in [-0.05, 0) is 43.7 Å². The van der Waals surface area contributed by atoms with Crippen molar-refractivity contribution in [1.82, 2.24) is 20.2 Å². The van der Waals surface area contributed by atoms with E-state index in [-0.39, 0.29) is 30.0 Å². The molecule has 0 unspecified atom stereocenters. The number of primary amides is 1. The van der Waals surface area contributed by atoms with Gasteiger partial charge >= 0.3 is 0 Å². The molecule has 9 heteroatoms. The summed E-state index contributed by atoms with van der Waals surface area (Å²) in [5.74, 6) is -1.03. The zero-order chi connectivity index (χ0) is 22.0. The number of hydrogen-bond donors (Lipinski definition) is 3. The number of hydrogen-bond acceptors (Lipinski definition) is 5. The molecule has 3 amide bonds. The van der Waals surface area contributed by atoms with E-state index in [0.717, 1.165) is 19.3 Å². The van der Waals surface area contributed by atoms with E-state index in [9.17, 15) is 19.6 Å². The minimum Gasteiger partial charge on any atom is -0.363 e. The van der Waals surface area contributed by atoms with Crippen molar-refractivity contribution >= 4 is 28.8 Å². The first-order valence-corrected chi connectivity index (χ1v) is 10.7. The monoisotopic (exact) mass is 422 g/mol. The van der Waals surface area contributed by atoms with Gasteiger partial charge in [0.15, 0.2) is 0 Å². The van der Waals surface area contributed by atoms with Gasteiger partial charge in [-0.3, -0.25) is 14.4 Å². The fourth-order valence-corrected chi connectivity index (χ4v) is 4.29. The van der Waals surface area contributed by atoms with Crippen LogP contribution >= 0.6 is 0 Å². The number of nitrogens with zero attached hydrogens (tertiary/aromatic N) is 3. The number of nitrogens with one attached hydrogen (secondary N) is 2. The number of fused-ring (bicyclic) bond motifs is 1. The van der Waals surface area contributed by atoms with Gasteiger partial charge in [0.25, 0.3) is 5.91 Å². The molecule has 0 spiro atoms. The second-order valence-corrected chi connectivity index (χ2v) is 8.41. The normalized spacial score (nSPS) is 20.5. The topological polar surface area (TPSA) is 143 Å². The Hall–Kier alpha value is -3.41. The molecule has 0 bridgehead atoms. The molecule has 1 aromatic carbocycles. The molecule has 162 valence electrons. The molecule has 3 atom stereocenters. The molecule has 31 heavy (non-hydrogen) atoms. The smallest absolute Gasteiger partial charge is 0.284 e. The maximum Gasteiger partial charge on any atom is 0.284 e. The zero-order valence-electron chi connectivity index (χ0n) is 17.2. The van der Waals surface area contributed by atoms with Gasteiger partial charge in [0, 0.05) is 12.5 Å². The maximum atomic E-state index is 13.4. The largest absolute Gasteiger partial charge is 0.363 e. The molecule has 1 aliphatic carbocycles. The van der Waals surface area contributed by atoms with Gasteiger partial charge < -0.3 is 20.9 Å². The molecule has 1 aliphatic heterocycles. The fraction of sp³-hybridized carbons (Fsp3) is 0.500. The Labute approximate surface area is 180 Å². The van der Waals surface area contributed by atoms with E-state index in [1.54, 1.807) is 22.8 Å². The molecule has 4 rings (SSSR count). The molecule has 9 nitrogen and oxygen atoms in total. The van der Waals surface area contributed by atoms with Crippen LogP contribution in [0, 0.1) is 23.2 Å². The van der Waals surface area contributed by atoms with Gasteiger partial charge in [0.1, 0.15) is 12.1 Å². The van der Waals surface area contributed by atoms with Gasteiger partial charge in [-0.25, -0.2) is 4.98 Å². The van der Waals surface area contributed by atoms with Crippen LogP contribution in [0.3, 0.4) is 0 Å². The quantitative estimate of drug-likeness (QED) is 0.589. The third-order valence-electron chi connectivity index (χ3n) is 6.08. The summed E-state index contributed by atoms with van der Waals surface area (Å²) in [4.78, 5) is 41.9. The molecular weight excluding hydrogens is 396 g/mol. The number of carbonyl (C=O) groups excluding carboxylic acids is 3. The molecule has 0 radical (unpaired) electrons. The second kappa shape index (κ2) is 8.76. The lowest BCUT2D eigenvalue weighted by molar-refractivity contribution is -0.128. The van der Waals surface area contributed by atoms with E-state index in [2.05, 4.69) is 21.7 Å². The van der Waals surface area contributed by atoms with Gasteiger partial charge in [0.2, 0.25) is 17.6 Å². The summed E-state index contributed by atoms with van der Waals surface area (Å²) in [7, 11) is 0. The molecule has 1 aromatic heterocycles. The number of para-hydroxylation sites is 2. The third-order valence-corrected chi connectivity index (χ3v) is 6.08. The predicted octanol–water partition coefficient (Wildman–Crippen LogP) is 1.40. The van der Waals surface area contributed by atoms with Crippen LogP contribution in [0.5, 0.6) is 0 Å². The highest BCUT2D eigenvalue weighted by atomic mass is 16.2. The minimum atomic E-state index is -0.796. The summed E-state index contributed by atoms with van der Waals surface area (Å²) in [6.45, 7) is 0.645. The van der Waals surface area contributed by atoms with Crippen LogP contribution in [-0.4, -0.2) is 39.9 Å². The van der Waals surface area contributed by atoms with Gasteiger partial charge in [-0.2, -0.15) is 5.26 Å². The van der Waals surface area contributed by atoms with Crippen molar-refractivity contribution in [1.29, 1.82) is 5.26 Å². The molecular formula is C22H26N6O3. The Kier molecular flexibility index (Phi) is 5.89. The molecule has 1 saturated heterocycles. The van der Waals surface area contributed by atoms with Gasteiger partial charge in [0.05, 0.1) is 17.1 Å². The average molecular weight is 422 g/mol. The standard InChI is InChI=1S/C22H26N6O3/c23-12-15(11-14-4-3-9-25-21(14)30)26-22(31)18(10-13-7-8-13)28-17-6-2-1-5-16(17)27-20(28)19(24)29/h1-2,5-6,13-15,18H,3-4,7-11H2,(H2,24,29)(H,25,30)(H,26,31)/t14-,15-,18-/m0/s1. The highest BCUT2D eigenvalue weighted by Crippen LogP contribution is 2.38. The maximum absolute atomic E-state index is 13.4. The number of carbonyl (C=O) groups is 3. The van der Waals surface area contributed by atoms with E-state index in [1.807, 2.05) is 6.07 Å². The number of nitriles is 1. The van der Waals surface area contributed by atoms with E-state index < -0.39 is 18.0 Å². The third kappa shape index (κ3) is 4.53. The Morgan fingerprint density at radius 3 is 2.74 bits per heavy atom. The number of amides is 3. The van der Waals surface area contributed by atoms with Crippen molar-refractivity contribution in [2.75, 3.05) is 6.54 Å². The van der Waals surface area contributed by atoms with Crippen LogP contribution in [0.2, 0.25) is 0 Å². The number of rotatable bonds is 8. The summed E-state index contributed by atoms with van der Waals surface area (Å²) in [5, 5.41) is 15.2. The Morgan fingerprint density at radius 1 is 1.29 bits per heavy atom. The number of imidazole rings is 1. The van der Waals surface area contributed by atoms with Crippen molar-refractivity contribution in [3.05, 3.63) is 30.1 Å². The van der Waals surface area contributed by atoms with Crippen LogP contribution in [-0.2, 0) is 9.59 Å². The van der Waals surface area contributed by atoms with Crippen LogP contribution in [0.25, 0.3) is 11.0 Å². The lowest BCUT2D eigenvalue weighted by atomic mass is 9.92. The van der Waals surface area contributed by atoms with Crippen LogP contribution < -0.4 is 16.4 Å². The first-order chi connectivity index (χ1) is 15.0. The molecule has 2 fully saturated rings. The fourth-order valence-electron chi connectivity index (χ4n) is 4.29. The van der Waals surface area contributed by atoms with Gasteiger partial charge in [-0.15, -0.1) is 0 Å². The Balaban J connectivity index is 1.61. The SMILES string of the molecule is N#C[C@H](C[C@@H]1CCCNC1=O)NC(=O)[C@H](CC1CC1)n1c(C(N)=O)nc2ccccc21. The van der Waals surface area contributed by atoms with Crippen molar-refractivity contribution < 1.29 is 14.4 Å². The van der Waals surface area contributed by atoms with E-state index in [1.165, 1.54) is 0 Å². The first kappa shape index (κ1) is 20.8. The van der Waals surface area contributed by atoms with Crippen molar-refractivity contribution in [2.45, 2.75) is 50.6 Å². The minimum absolute atomic E-state index is 0.0298. The van der Waals surface area contributed by atoms with Crippen LogP contribution in [0.1, 0.15) is 55.2 Å². The lowest BCUT2D eigenvalue weighted by Crippen LogP contribution is -2.44. The number of benzene rings is 1. The Bertz CT molecular complexity index is 1050. The van der Waals surface area contributed by atoms with Crippen molar-refractivity contribution in [2.24, 2.45) is 17.6 Å². The molecule has 2 aliphatic rings. The number of aromatic nitrogens is 2. The van der Waals surface area contributed by atoms with E-state index in [0.29, 0.717) is 36.3 Å². The van der Waals surface area contributed by atoms with Crippen LogP contribution in [0.4, 0.5) is 0 Å². The summed E-state index contributed by atoms with van der Waals surface area (Å²) in [6, 6.07) is 7.80. The average Bonchev–Trinajstić information content (AvgIpc) is 3.50. The number of piperidine rings is 1. The highest BCUT2D eigenvalue weighted by Gasteiger charge is 2.35. The van der Waals surface area contributed by atoms with Crippen molar-refractivity contribution in [3.63, 3.8) is 0 Å². The predicted molar refractivity (Wildman–Crippen MR) is 113 cm³/mol. The molecule has 2 aromatic rings. The summed E-state index contributed by atoms with van der Waals surface area (Å²) in [5.41, 5.74) is 6.81. The first-order valence-electron chi connectivity index (χ1n) is 10.7.